The molecule has 0 bridgehead atoms. The zero-order valence-electron chi connectivity index (χ0n) is 24.4. The van der Waals surface area contributed by atoms with Crippen LogP contribution < -0.4 is 4.90 Å². The summed E-state index contributed by atoms with van der Waals surface area (Å²) in [7, 11) is 1.51. The van der Waals surface area contributed by atoms with E-state index >= 15 is 4.39 Å². The second-order valence-corrected chi connectivity index (χ2v) is 11.5. The fourth-order valence-corrected chi connectivity index (χ4v) is 3.78. The number of carbonyl (C=O) groups is 3. The molecule has 1 aromatic heterocycles. The SMILES string of the molecule is C[C@@H]1CC(c2cc(N(C)C(=O)c3ccc(C#N)cn3)ccc2F)N=C(N(C(=O)OC(C)(C)C)C(=O)OC(C)(C)C)O1. The lowest BCUT2D eigenvalue weighted by Gasteiger charge is -2.33. The van der Waals surface area contributed by atoms with Crippen molar-refractivity contribution in [1.82, 2.24) is 9.88 Å². The predicted molar refractivity (Wildman–Crippen MR) is 148 cm³/mol. The van der Waals surface area contributed by atoms with Gasteiger partial charge in [0, 0.05) is 30.9 Å². The van der Waals surface area contributed by atoms with Gasteiger partial charge in [-0.05, 0) is 78.8 Å². The number of nitrogens with zero attached hydrogens (tertiary/aromatic N) is 5. The quantitative estimate of drug-likeness (QED) is 0.458. The molecule has 2 aromatic rings. The van der Waals surface area contributed by atoms with Gasteiger partial charge < -0.3 is 19.1 Å². The van der Waals surface area contributed by atoms with Crippen molar-refractivity contribution >= 4 is 29.8 Å². The molecule has 0 saturated heterocycles. The summed E-state index contributed by atoms with van der Waals surface area (Å²) < 4.78 is 31.8. The van der Waals surface area contributed by atoms with Crippen LogP contribution in [-0.2, 0) is 14.2 Å². The first-order chi connectivity index (χ1) is 19.0. The highest BCUT2D eigenvalue weighted by atomic mass is 19.1. The average molecular weight is 568 g/mol. The van der Waals surface area contributed by atoms with Crippen molar-refractivity contribution in [3.63, 3.8) is 0 Å². The zero-order chi connectivity index (χ0) is 30.7. The normalized spacial score (nSPS) is 16.9. The Morgan fingerprint density at radius 2 is 1.66 bits per heavy atom. The molecule has 0 N–H and O–H groups in total. The number of anilines is 1. The number of benzene rings is 1. The number of hydrogen-bond donors (Lipinski definition) is 0. The number of halogens is 1. The number of carbonyl (C=O) groups excluding carboxylic acids is 3. The number of hydrogen-bond acceptors (Lipinski definition) is 9. The van der Waals surface area contributed by atoms with Gasteiger partial charge in [-0.3, -0.25) is 4.79 Å². The van der Waals surface area contributed by atoms with E-state index < -0.39 is 53.3 Å². The highest BCUT2D eigenvalue weighted by Gasteiger charge is 2.40. The van der Waals surface area contributed by atoms with E-state index in [4.69, 9.17) is 19.5 Å². The van der Waals surface area contributed by atoms with Gasteiger partial charge in [-0.15, -0.1) is 4.90 Å². The summed E-state index contributed by atoms with van der Waals surface area (Å²) in [5, 5.41) is 8.97. The van der Waals surface area contributed by atoms with E-state index in [1.165, 1.54) is 48.5 Å². The van der Waals surface area contributed by atoms with Crippen molar-refractivity contribution in [2.45, 2.75) is 78.2 Å². The Morgan fingerprint density at radius 1 is 1.05 bits per heavy atom. The van der Waals surface area contributed by atoms with Crippen molar-refractivity contribution in [3.8, 4) is 6.07 Å². The van der Waals surface area contributed by atoms with Gasteiger partial charge in [0.05, 0.1) is 11.6 Å². The maximum absolute atomic E-state index is 15.2. The number of amidine groups is 1. The van der Waals surface area contributed by atoms with Crippen LogP contribution in [-0.4, -0.2) is 58.4 Å². The largest absolute Gasteiger partial charge is 0.461 e. The number of aromatic nitrogens is 1. The number of amides is 3. The molecular formula is C29H34FN5O6. The summed E-state index contributed by atoms with van der Waals surface area (Å²) in [5.74, 6) is -1.08. The summed E-state index contributed by atoms with van der Waals surface area (Å²) in [6.07, 6.45) is -1.20. The minimum Gasteiger partial charge on any atom is -0.461 e. The van der Waals surface area contributed by atoms with Crippen LogP contribution in [0, 0.1) is 17.1 Å². The summed E-state index contributed by atoms with van der Waals surface area (Å²) in [5.41, 5.74) is -1.01. The molecule has 218 valence electrons. The molecule has 0 spiro atoms. The first-order valence-electron chi connectivity index (χ1n) is 12.9. The third kappa shape index (κ3) is 8.00. The van der Waals surface area contributed by atoms with Crippen LogP contribution in [0.2, 0.25) is 0 Å². The lowest BCUT2D eigenvalue weighted by Crippen LogP contribution is -2.49. The Bertz CT molecular complexity index is 1360. The second kappa shape index (κ2) is 11.9. The minimum atomic E-state index is -1.06. The Labute approximate surface area is 238 Å². The molecule has 2 atom stereocenters. The fraction of sp³-hybridized carbons (Fsp3) is 0.448. The Hall–Kier alpha value is -4.53. The van der Waals surface area contributed by atoms with Crippen LogP contribution >= 0.6 is 0 Å². The highest BCUT2D eigenvalue weighted by molar-refractivity contribution is 6.06. The third-order valence-corrected chi connectivity index (χ3v) is 5.61. The van der Waals surface area contributed by atoms with Crippen LogP contribution in [0.3, 0.4) is 0 Å². The Kier molecular flexibility index (Phi) is 9.01. The minimum absolute atomic E-state index is 0.0998. The van der Waals surface area contributed by atoms with Crippen molar-refractivity contribution in [2.24, 2.45) is 4.99 Å². The van der Waals surface area contributed by atoms with E-state index in [-0.39, 0.29) is 17.7 Å². The maximum Gasteiger partial charge on any atom is 0.428 e. The fourth-order valence-electron chi connectivity index (χ4n) is 3.78. The van der Waals surface area contributed by atoms with Gasteiger partial charge in [0.15, 0.2) is 0 Å². The molecule has 12 heteroatoms. The standard InChI is InChI=1S/C29H34FN5O6/c1-17-13-23(33-25(39-17)35(26(37)40-28(2,3)4)27(38)41-29(5,6)7)20-14-19(10-11-21(20)30)34(8)24(36)22-12-9-18(15-31)16-32-22/h9-12,14,16-17,23H,13H2,1-8H3/t17-,23?/m1/s1. The van der Waals surface area contributed by atoms with Crippen LogP contribution in [0.25, 0.3) is 0 Å². The van der Waals surface area contributed by atoms with E-state index in [0.29, 0.717) is 16.2 Å². The van der Waals surface area contributed by atoms with Crippen LogP contribution in [0.1, 0.15) is 82.5 Å². The molecule has 2 heterocycles. The average Bonchev–Trinajstić information content (AvgIpc) is 2.85. The molecular weight excluding hydrogens is 533 g/mol. The topological polar surface area (TPSA) is 134 Å². The van der Waals surface area contributed by atoms with Crippen molar-refractivity contribution in [1.29, 1.82) is 5.26 Å². The molecule has 0 saturated carbocycles. The van der Waals surface area contributed by atoms with Gasteiger partial charge in [-0.1, -0.05) is 0 Å². The van der Waals surface area contributed by atoms with Gasteiger partial charge in [0.2, 0.25) is 0 Å². The van der Waals surface area contributed by atoms with Gasteiger partial charge in [0.25, 0.3) is 5.91 Å². The molecule has 1 unspecified atom stereocenters. The summed E-state index contributed by atoms with van der Waals surface area (Å²) in [6.45, 7) is 11.5. The van der Waals surface area contributed by atoms with Gasteiger partial charge in [-0.25, -0.2) is 24.0 Å². The van der Waals surface area contributed by atoms with Crippen molar-refractivity contribution in [3.05, 3.63) is 59.2 Å². The predicted octanol–water partition coefficient (Wildman–Crippen LogP) is 5.75. The number of aliphatic imine (C=N–C) groups is 1. The van der Waals surface area contributed by atoms with E-state index in [2.05, 4.69) is 9.98 Å². The lowest BCUT2D eigenvalue weighted by atomic mass is 9.99. The number of nitriles is 1. The monoisotopic (exact) mass is 567 g/mol. The summed E-state index contributed by atoms with van der Waals surface area (Å²) in [4.78, 5) is 49.5. The van der Waals surface area contributed by atoms with Crippen LogP contribution in [0.4, 0.5) is 19.7 Å². The summed E-state index contributed by atoms with van der Waals surface area (Å²) >= 11 is 0. The lowest BCUT2D eigenvalue weighted by molar-refractivity contribution is 0.00645. The molecule has 3 amide bonds. The molecule has 1 aliphatic rings. The van der Waals surface area contributed by atoms with Crippen molar-refractivity contribution in [2.75, 3.05) is 11.9 Å². The van der Waals surface area contributed by atoms with E-state index in [9.17, 15) is 14.4 Å². The first-order valence-corrected chi connectivity index (χ1v) is 12.9. The Morgan fingerprint density at radius 3 is 2.17 bits per heavy atom. The molecule has 11 nitrogen and oxygen atoms in total. The van der Waals surface area contributed by atoms with Crippen molar-refractivity contribution < 1.29 is 33.0 Å². The Balaban J connectivity index is 2.00. The smallest absolute Gasteiger partial charge is 0.428 e. The molecule has 41 heavy (non-hydrogen) atoms. The zero-order valence-corrected chi connectivity index (χ0v) is 24.4. The van der Waals surface area contributed by atoms with E-state index in [1.807, 2.05) is 6.07 Å². The highest BCUT2D eigenvalue weighted by Crippen LogP contribution is 2.33. The van der Waals surface area contributed by atoms with Gasteiger partial charge in [-0.2, -0.15) is 5.26 Å². The molecule has 0 aliphatic carbocycles. The third-order valence-electron chi connectivity index (χ3n) is 5.61. The molecule has 0 radical (unpaired) electrons. The van der Waals surface area contributed by atoms with Gasteiger partial charge >= 0.3 is 18.2 Å². The number of imide groups is 1. The molecule has 3 rings (SSSR count). The van der Waals surface area contributed by atoms with Crippen LogP contribution in [0.5, 0.6) is 0 Å². The number of ether oxygens (including phenoxy) is 3. The maximum atomic E-state index is 15.2. The van der Waals surface area contributed by atoms with Crippen LogP contribution in [0.15, 0.2) is 41.5 Å². The molecule has 1 aliphatic heterocycles. The molecule has 1 aromatic carbocycles. The number of rotatable bonds is 3. The number of pyridine rings is 1. The summed E-state index contributed by atoms with van der Waals surface area (Å²) in [6, 6.07) is 7.68. The molecule has 0 fully saturated rings. The second-order valence-electron chi connectivity index (χ2n) is 11.5. The van der Waals surface area contributed by atoms with Gasteiger partial charge in [0.1, 0.15) is 34.9 Å². The first kappa shape index (κ1) is 31.0. The van der Waals surface area contributed by atoms with E-state index in [0.717, 1.165) is 0 Å². The van der Waals surface area contributed by atoms with E-state index in [1.54, 1.807) is 48.5 Å².